The lowest BCUT2D eigenvalue weighted by Gasteiger charge is -2.29. The van der Waals surface area contributed by atoms with Crippen LogP contribution in [-0.4, -0.2) is 56.3 Å². The van der Waals surface area contributed by atoms with Crippen molar-refractivity contribution < 1.29 is 22.7 Å². The van der Waals surface area contributed by atoms with E-state index in [9.17, 15) is 18.0 Å². The van der Waals surface area contributed by atoms with Crippen molar-refractivity contribution in [2.75, 3.05) is 19.7 Å². The average molecular weight is 534 g/mol. The highest BCUT2D eigenvalue weighted by Gasteiger charge is 2.43. The molecule has 2 heterocycles. The fourth-order valence-corrected chi connectivity index (χ4v) is 7.00. The van der Waals surface area contributed by atoms with Gasteiger partial charge >= 0.3 is 0 Å². The Labute approximate surface area is 223 Å². The van der Waals surface area contributed by atoms with Crippen molar-refractivity contribution >= 4 is 21.8 Å². The molecule has 2 aliphatic heterocycles. The number of nitrogens with zero attached hydrogens (tertiary/aromatic N) is 1. The molecule has 3 aromatic rings. The van der Waals surface area contributed by atoms with E-state index < -0.39 is 22.1 Å². The van der Waals surface area contributed by atoms with Gasteiger partial charge in [0.05, 0.1) is 11.4 Å². The molecule has 2 N–H and O–H groups in total. The maximum absolute atomic E-state index is 13.9. The van der Waals surface area contributed by atoms with Crippen molar-refractivity contribution in [1.29, 1.82) is 0 Å². The van der Waals surface area contributed by atoms with Crippen LogP contribution in [0.5, 0.6) is 5.75 Å². The molecule has 4 bridgehead atoms. The van der Waals surface area contributed by atoms with Crippen LogP contribution in [0.15, 0.2) is 77.7 Å². The van der Waals surface area contributed by atoms with Gasteiger partial charge in [-0.25, -0.2) is 8.42 Å². The van der Waals surface area contributed by atoms with Crippen LogP contribution in [0.1, 0.15) is 35.2 Å². The number of hydrogen-bond donors (Lipinski definition) is 2. The molecule has 8 nitrogen and oxygen atoms in total. The van der Waals surface area contributed by atoms with Crippen molar-refractivity contribution in [3.8, 4) is 16.9 Å². The number of carbonyl (C=O) groups excluding carboxylic acids is 2. The van der Waals surface area contributed by atoms with Gasteiger partial charge in [0.2, 0.25) is 15.9 Å². The minimum atomic E-state index is -3.93. The fraction of sp³-hybridized carbons (Fsp3) is 0.310. The summed E-state index contributed by atoms with van der Waals surface area (Å²) < 4.78 is 35.1. The van der Waals surface area contributed by atoms with E-state index in [1.165, 1.54) is 4.31 Å². The Kier molecular flexibility index (Phi) is 7.49. The number of aryl methyl sites for hydroxylation is 1. The lowest BCUT2D eigenvalue weighted by molar-refractivity contribution is -0.121. The fourth-order valence-electron chi connectivity index (χ4n) is 5.13. The van der Waals surface area contributed by atoms with Gasteiger partial charge in [0.1, 0.15) is 12.4 Å². The summed E-state index contributed by atoms with van der Waals surface area (Å²) in [5, 5.41) is 5.74. The third-order valence-corrected chi connectivity index (χ3v) is 9.16. The SMILES string of the molecule is Cc1ccc2cc1OCCNC(=O)C[C@@H]1CC[C@H](CNC2=O)N1S(=O)(=O)c1ccc(-c2ccccc2)cc1. The Morgan fingerprint density at radius 2 is 1.53 bits per heavy atom. The first-order valence-electron chi connectivity index (χ1n) is 12.8. The van der Waals surface area contributed by atoms with Gasteiger partial charge in [-0.05, 0) is 60.7 Å². The number of hydrogen-bond acceptors (Lipinski definition) is 5. The minimum Gasteiger partial charge on any atom is -0.491 e. The molecule has 0 saturated carbocycles. The molecule has 2 amide bonds. The first-order chi connectivity index (χ1) is 18.3. The van der Waals surface area contributed by atoms with Gasteiger partial charge in [0, 0.05) is 30.6 Å². The molecule has 9 heteroatoms. The van der Waals surface area contributed by atoms with Crippen LogP contribution in [0.4, 0.5) is 0 Å². The zero-order chi connectivity index (χ0) is 26.7. The summed E-state index contributed by atoms with van der Waals surface area (Å²) in [6, 6.07) is 20.8. The number of fused-ring (bicyclic) bond motifs is 4. The third-order valence-electron chi connectivity index (χ3n) is 7.14. The number of amides is 2. The van der Waals surface area contributed by atoms with Gasteiger partial charge in [0.15, 0.2) is 0 Å². The van der Waals surface area contributed by atoms with Gasteiger partial charge in [-0.2, -0.15) is 4.31 Å². The Bertz CT molecular complexity index is 1420. The highest BCUT2D eigenvalue weighted by Crippen LogP contribution is 2.33. The molecular formula is C29H31N3O5S. The largest absolute Gasteiger partial charge is 0.491 e. The third kappa shape index (κ3) is 5.44. The molecule has 0 aliphatic carbocycles. The van der Waals surface area contributed by atoms with Crippen LogP contribution in [0, 0.1) is 6.92 Å². The topological polar surface area (TPSA) is 105 Å². The minimum absolute atomic E-state index is 0.0402. The van der Waals surface area contributed by atoms with Crippen molar-refractivity contribution in [3.05, 3.63) is 83.9 Å². The molecule has 1 saturated heterocycles. The van der Waals surface area contributed by atoms with Gasteiger partial charge in [-0.1, -0.05) is 48.5 Å². The van der Waals surface area contributed by atoms with E-state index in [4.69, 9.17) is 4.74 Å². The summed E-state index contributed by atoms with van der Waals surface area (Å²) in [5.41, 5.74) is 3.22. The van der Waals surface area contributed by atoms with Gasteiger partial charge < -0.3 is 15.4 Å². The maximum Gasteiger partial charge on any atom is 0.251 e. The summed E-state index contributed by atoms with van der Waals surface area (Å²) in [4.78, 5) is 25.9. The Balaban J connectivity index is 1.43. The maximum atomic E-state index is 13.9. The highest BCUT2D eigenvalue weighted by atomic mass is 32.2. The van der Waals surface area contributed by atoms with E-state index in [-0.39, 0.29) is 42.8 Å². The second-order valence-corrected chi connectivity index (χ2v) is 11.5. The standard InChI is InChI=1S/C29H31N3O5S/c1-20-7-8-23-17-27(20)37-16-15-30-28(33)18-24-11-12-25(19-31-29(23)34)32(24)38(35,36)26-13-9-22(10-14-26)21-5-3-2-4-6-21/h2-10,13-14,17,24-25H,11-12,15-16,18-19H2,1H3,(H,30,33)(H,31,34)/t24-,25+/m0/s1. The van der Waals surface area contributed by atoms with E-state index in [2.05, 4.69) is 10.6 Å². The van der Waals surface area contributed by atoms with Crippen molar-refractivity contribution in [2.24, 2.45) is 0 Å². The highest BCUT2D eigenvalue weighted by molar-refractivity contribution is 7.89. The van der Waals surface area contributed by atoms with Gasteiger partial charge in [-0.3, -0.25) is 9.59 Å². The first kappa shape index (κ1) is 25.9. The quantitative estimate of drug-likeness (QED) is 0.536. The summed E-state index contributed by atoms with van der Waals surface area (Å²) in [6.45, 7) is 2.54. The van der Waals surface area contributed by atoms with Crippen LogP contribution in [0.2, 0.25) is 0 Å². The van der Waals surface area contributed by atoms with Gasteiger partial charge in [-0.15, -0.1) is 0 Å². The second kappa shape index (κ2) is 11.0. The van der Waals surface area contributed by atoms with E-state index >= 15 is 0 Å². The van der Waals surface area contributed by atoms with Gasteiger partial charge in [0.25, 0.3) is 5.91 Å². The molecule has 2 atom stereocenters. The summed E-state index contributed by atoms with van der Waals surface area (Å²) in [5.74, 6) is 0.0432. The normalized spacial score (nSPS) is 21.0. The lowest BCUT2D eigenvalue weighted by atomic mass is 10.1. The Morgan fingerprint density at radius 1 is 0.842 bits per heavy atom. The monoisotopic (exact) mass is 533 g/mol. The van der Waals surface area contributed by atoms with E-state index in [0.717, 1.165) is 16.7 Å². The van der Waals surface area contributed by atoms with Crippen LogP contribution in [0.3, 0.4) is 0 Å². The van der Waals surface area contributed by atoms with Crippen LogP contribution in [-0.2, 0) is 14.8 Å². The molecule has 2 aliphatic rings. The molecule has 198 valence electrons. The lowest BCUT2D eigenvalue weighted by Crippen LogP contribution is -2.47. The molecular weight excluding hydrogens is 502 g/mol. The predicted molar refractivity (Wildman–Crippen MR) is 144 cm³/mol. The number of ether oxygens (including phenoxy) is 1. The van der Waals surface area contributed by atoms with Crippen LogP contribution < -0.4 is 15.4 Å². The zero-order valence-corrected chi connectivity index (χ0v) is 22.0. The van der Waals surface area contributed by atoms with Crippen molar-refractivity contribution in [1.82, 2.24) is 14.9 Å². The van der Waals surface area contributed by atoms with E-state index in [0.29, 0.717) is 24.2 Å². The first-order valence-corrected chi connectivity index (χ1v) is 14.2. The van der Waals surface area contributed by atoms with Crippen LogP contribution >= 0.6 is 0 Å². The number of sulfonamides is 1. The Morgan fingerprint density at radius 3 is 2.29 bits per heavy atom. The summed E-state index contributed by atoms with van der Waals surface area (Å²) >= 11 is 0. The molecule has 1 fully saturated rings. The molecule has 3 aromatic carbocycles. The molecule has 38 heavy (non-hydrogen) atoms. The average Bonchev–Trinajstić information content (AvgIpc) is 3.33. The smallest absolute Gasteiger partial charge is 0.251 e. The second-order valence-electron chi connectivity index (χ2n) is 9.70. The predicted octanol–water partition coefficient (Wildman–Crippen LogP) is 3.51. The summed E-state index contributed by atoms with van der Waals surface area (Å²) in [7, 11) is -3.93. The van der Waals surface area contributed by atoms with Crippen molar-refractivity contribution in [3.63, 3.8) is 0 Å². The van der Waals surface area contributed by atoms with E-state index in [1.54, 1.807) is 36.4 Å². The summed E-state index contributed by atoms with van der Waals surface area (Å²) in [6.07, 6.45) is 1.11. The van der Waals surface area contributed by atoms with Crippen molar-refractivity contribution in [2.45, 2.75) is 43.2 Å². The molecule has 0 radical (unpaired) electrons. The van der Waals surface area contributed by atoms with Crippen LogP contribution in [0.25, 0.3) is 11.1 Å². The molecule has 5 rings (SSSR count). The molecule has 0 unspecified atom stereocenters. The molecule has 0 spiro atoms. The number of benzene rings is 3. The number of rotatable bonds is 3. The Hall–Kier alpha value is -3.69. The number of carbonyl (C=O) groups is 2. The van der Waals surface area contributed by atoms with E-state index in [1.807, 2.05) is 43.3 Å². The number of nitrogens with one attached hydrogen (secondary N) is 2. The molecule has 0 aromatic heterocycles. The zero-order valence-electron chi connectivity index (χ0n) is 21.2.